The van der Waals surface area contributed by atoms with E-state index in [1.807, 2.05) is 6.07 Å². The van der Waals surface area contributed by atoms with Crippen LogP contribution < -0.4 is 5.32 Å². The van der Waals surface area contributed by atoms with Crippen molar-refractivity contribution >= 4 is 11.6 Å². The molecule has 2 aromatic carbocycles. The molecule has 2 aromatic rings. The Morgan fingerprint density at radius 2 is 1.77 bits per heavy atom. The van der Waals surface area contributed by atoms with Crippen LogP contribution in [-0.2, 0) is 11.2 Å². The first-order chi connectivity index (χ1) is 10.6. The maximum Gasteiger partial charge on any atom is 0.231 e. The maximum atomic E-state index is 12.8. The van der Waals surface area contributed by atoms with Gasteiger partial charge in [0.05, 0.1) is 5.92 Å². The minimum absolute atomic E-state index is 0.0231. The Balaban J connectivity index is 1.88. The fraction of sp³-hybridized carbons (Fsp3) is 0.350. The number of hydrogen-bond donors (Lipinski definition) is 1. The fourth-order valence-electron chi connectivity index (χ4n) is 3.61. The van der Waals surface area contributed by atoms with Crippen molar-refractivity contribution < 1.29 is 4.79 Å². The van der Waals surface area contributed by atoms with Gasteiger partial charge in [0.15, 0.2) is 0 Å². The molecule has 0 spiro atoms. The summed E-state index contributed by atoms with van der Waals surface area (Å²) in [6.45, 7) is 6.21. The second-order valence-corrected chi connectivity index (χ2v) is 6.41. The van der Waals surface area contributed by atoms with Gasteiger partial charge in [0.2, 0.25) is 5.91 Å². The molecule has 2 heteroatoms. The van der Waals surface area contributed by atoms with E-state index in [2.05, 4.69) is 56.4 Å². The SMILES string of the molecule is Cc1cc(C)c(NC(=O)[C@@H]2CCCc3ccccc32)c(C)c1. The summed E-state index contributed by atoms with van der Waals surface area (Å²) in [7, 11) is 0. The number of rotatable bonds is 2. The lowest BCUT2D eigenvalue weighted by molar-refractivity contribution is -0.117. The first kappa shape index (κ1) is 14.8. The van der Waals surface area contributed by atoms with Crippen LogP contribution in [-0.4, -0.2) is 5.91 Å². The third-order valence-corrected chi connectivity index (χ3v) is 4.61. The van der Waals surface area contributed by atoms with Crippen molar-refractivity contribution in [3.8, 4) is 0 Å². The van der Waals surface area contributed by atoms with Crippen molar-refractivity contribution in [1.29, 1.82) is 0 Å². The zero-order valence-electron chi connectivity index (χ0n) is 13.6. The van der Waals surface area contributed by atoms with Crippen LogP contribution in [0.2, 0.25) is 0 Å². The van der Waals surface area contributed by atoms with Gasteiger partial charge < -0.3 is 5.32 Å². The lowest BCUT2D eigenvalue weighted by Gasteiger charge is -2.25. The molecule has 1 atom stereocenters. The molecule has 0 saturated carbocycles. The standard InChI is InChI=1S/C20H23NO/c1-13-11-14(2)19(15(3)12-13)21-20(22)18-10-6-8-16-7-4-5-9-17(16)18/h4-5,7,9,11-12,18H,6,8,10H2,1-3H3,(H,21,22)/t18-/m1/s1. The van der Waals surface area contributed by atoms with Gasteiger partial charge in [-0.1, -0.05) is 42.0 Å². The number of nitrogens with one attached hydrogen (secondary N) is 1. The van der Waals surface area contributed by atoms with Crippen LogP contribution in [0.5, 0.6) is 0 Å². The van der Waals surface area contributed by atoms with Crippen molar-refractivity contribution in [3.63, 3.8) is 0 Å². The van der Waals surface area contributed by atoms with Crippen molar-refractivity contribution in [2.45, 2.75) is 46.0 Å². The van der Waals surface area contributed by atoms with Gasteiger partial charge >= 0.3 is 0 Å². The second kappa shape index (κ2) is 5.96. The fourth-order valence-corrected chi connectivity index (χ4v) is 3.61. The number of hydrogen-bond acceptors (Lipinski definition) is 1. The Morgan fingerprint density at radius 1 is 1.09 bits per heavy atom. The van der Waals surface area contributed by atoms with Crippen molar-refractivity contribution in [2.75, 3.05) is 5.32 Å². The molecule has 0 radical (unpaired) electrons. The molecule has 1 aliphatic rings. The molecule has 22 heavy (non-hydrogen) atoms. The van der Waals surface area contributed by atoms with E-state index in [4.69, 9.17) is 0 Å². The Bertz CT molecular complexity index is 694. The zero-order chi connectivity index (χ0) is 15.7. The summed E-state index contributed by atoms with van der Waals surface area (Å²) in [5, 5.41) is 3.18. The lowest BCUT2D eigenvalue weighted by Crippen LogP contribution is -2.25. The zero-order valence-corrected chi connectivity index (χ0v) is 13.6. The first-order valence-electron chi connectivity index (χ1n) is 8.03. The predicted molar refractivity (Wildman–Crippen MR) is 91.4 cm³/mol. The summed E-state index contributed by atoms with van der Waals surface area (Å²) in [5.74, 6) is 0.104. The second-order valence-electron chi connectivity index (χ2n) is 6.41. The lowest BCUT2D eigenvalue weighted by atomic mass is 9.82. The van der Waals surface area contributed by atoms with Crippen LogP contribution in [0.3, 0.4) is 0 Å². The van der Waals surface area contributed by atoms with Crippen molar-refractivity contribution in [1.82, 2.24) is 0 Å². The number of amides is 1. The topological polar surface area (TPSA) is 29.1 Å². The maximum absolute atomic E-state index is 12.8. The van der Waals surface area contributed by atoms with Crippen LogP contribution >= 0.6 is 0 Å². The molecule has 2 nitrogen and oxygen atoms in total. The van der Waals surface area contributed by atoms with Crippen LogP contribution in [0, 0.1) is 20.8 Å². The molecule has 3 rings (SSSR count). The summed E-state index contributed by atoms with van der Waals surface area (Å²) in [4.78, 5) is 12.8. The molecule has 0 aliphatic heterocycles. The van der Waals surface area contributed by atoms with E-state index in [0.29, 0.717) is 0 Å². The summed E-state index contributed by atoms with van der Waals surface area (Å²) in [6, 6.07) is 12.6. The first-order valence-corrected chi connectivity index (χ1v) is 8.03. The van der Waals surface area contributed by atoms with E-state index in [9.17, 15) is 4.79 Å². The van der Waals surface area contributed by atoms with Gasteiger partial charge in [-0.05, 0) is 62.3 Å². The smallest absolute Gasteiger partial charge is 0.231 e. The van der Waals surface area contributed by atoms with Crippen LogP contribution in [0.15, 0.2) is 36.4 Å². The van der Waals surface area contributed by atoms with Gasteiger partial charge in [-0.3, -0.25) is 4.79 Å². The van der Waals surface area contributed by atoms with Gasteiger partial charge in [0.25, 0.3) is 0 Å². The summed E-state index contributed by atoms with van der Waals surface area (Å²) in [6.07, 6.45) is 3.11. The highest BCUT2D eigenvalue weighted by atomic mass is 16.1. The highest BCUT2D eigenvalue weighted by molar-refractivity contribution is 5.97. The van der Waals surface area contributed by atoms with Gasteiger partial charge in [0, 0.05) is 5.69 Å². The van der Waals surface area contributed by atoms with E-state index in [0.717, 1.165) is 36.1 Å². The molecule has 0 heterocycles. The van der Waals surface area contributed by atoms with Gasteiger partial charge in [-0.25, -0.2) is 0 Å². The molecule has 1 amide bonds. The Hall–Kier alpha value is -2.09. The predicted octanol–water partition coefficient (Wildman–Crippen LogP) is 4.67. The molecular weight excluding hydrogens is 270 g/mol. The van der Waals surface area contributed by atoms with E-state index in [1.165, 1.54) is 16.7 Å². The Morgan fingerprint density at radius 3 is 2.50 bits per heavy atom. The van der Waals surface area contributed by atoms with E-state index >= 15 is 0 Å². The van der Waals surface area contributed by atoms with Crippen molar-refractivity contribution in [3.05, 3.63) is 64.2 Å². The Kier molecular flexibility index (Phi) is 4.02. The minimum Gasteiger partial charge on any atom is -0.325 e. The molecule has 0 fully saturated rings. The van der Waals surface area contributed by atoms with Crippen molar-refractivity contribution in [2.24, 2.45) is 0 Å². The Labute approximate surface area is 132 Å². The van der Waals surface area contributed by atoms with E-state index < -0.39 is 0 Å². The van der Waals surface area contributed by atoms with Gasteiger partial charge in [0.1, 0.15) is 0 Å². The molecule has 0 bridgehead atoms. The average molecular weight is 293 g/mol. The molecule has 0 saturated heterocycles. The van der Waals surface area contributed by atoms with E-state index in [1.54, 1.807) is 0 Å². The molecule has 0 unspecified atom stereocenters. The minimum atomic E-state index is -0.0231. The summed E-state index contributed by atoms with van der Waals surface area (Å²) >= 11 is 0. The van der Waals surface area contributed by atoms with Crippen LogP contribution in [0.4, 0.5) is 5.69 Å². The molecule has 114 valence electrons. The summed E-state index contributed by atoms with van der Waals surface area (Å²) < 4.78 is 0. The molecular formula is C20H23NO. The third-order valence-electron chi connectivity index (χ3n) is 4.61. The molecule has 1 N–H and O–H groups in total. The number of benzene rings is 2. The highest BCUT2D eigenvalue weighted by Crippen LogP contribution is 2.33. The number of carbonyl (C=O) groups excluding carboxylic acids is 1. The normalized spacial score (nSPS) is 17.0. The largest absolute Gasteiger partial charge is 0.325 e. The average Bonchev–Trinajstić information content (AvgIpc) is 2.50. The highest BCUT2D eigenvalue weighted by Gasteiger charge is 2.26. The quantitative estimate of drug-likeness (QED) is 0.856. The number of fused-ring (bicyclic) bond motifs is 1. The van der Waals surface area contributed by atoms with Gasteiger partial charge in [-0.15, -0.1) is 0 Å². The van der Waals surface area contributed by atoms with E-state index in [-0.39, 0.29) is 11.8 Å². The third kappa shape index (κ3) is 2.78. The van der Waals surface area contributed by atoms with Gasteiger partial charge in [-0.2, -0.15) is 0 Å². The summed E-state index contributed by atoms with van der Waals surface area (Å²) in [5.41, 5.74) is 7.00. The van der Waals surface area contributed by atoms with Crippen LogP contribution in [0.1, 0.15) is 46.6 Å². The number of anilines is 1. The number of carbonyl (C=O) groups is 1. The monoisotopic (exact) mass is 293 g/mol. The molecule has 1 aliphatic carbocycles. The molecule has 0 aromatic heterocycles. The number of aryl methyl sites for hydroxylation is 4. The van der Waals surface area contributed by atoms with Crippen LogP contribution in [0.25, 0.3) is 0 Å².